The van der Waals surface area contributed by atoms with E-state index in [4.69, 9.17) is 4.74 Å². The third kappa shape index (κ3) is 69.6. The normalized spacial score (nSPS) is 12.5. The van der Waals surface area contributed by atoms with Crippen LogP contribution in [-0.4, -0.2) is 47.4 Å². The summed E-state index contributed by atoms with van der Waals surface area (Å²) in [6.07, 6.45) is 91.5. The summed E-state index contributed by atoms with van der Waals surface area (Å²) in [5.41, 5.74) is 0. The molecule has 0 aromatic carbocycles. The van der Waals surface area contributed by atoms with Crippen LogP contribution >= 0.6 is 0 Å². The molecule has 0 aliphatic carbocycles. The van der Waals surface area contributed by atoms with E-state index in [1.165, 1.54) is 366 Å². The second-order valence-electron chi connectivity index (χ2n) is 26.7. The molecule has 494 valence electrons. The molecule has 0 aliphatic heterocycles. The predicted molar refractivity (Wildman–Crippen MR) is 366 cm³/mol. The topological polar surface area (TPSA) is 95.9 Å². The van der Waals surface area contributed by atoms with E-state index in [1.807, 2.05) is 0 Å². The second kappa shape index (κ2) is 73.1. The number of aliphatic hydroxyl groups is 2. The number of hydrogen-bond donors (Lipinski definition) is 3. The molecule has 0 aliphatic rings. The van der Waals surface area contributed by atoms with Gasteiger partial charge in [-0.25, -0.2) is 0 Å². The molecular formula is C77H151NO5. The van der Waals surface area contributed by atoms with Crippen LogP contribution in [-0.2, 0) is 14.3 Å². The first kappa shape index (κ1) is 81.6. The van der Waals surface area contributed by atoms with Crippen LogP contribution in [0.5, 0.6) is 0 Å². The third-order valence-electron chi connectivity index (χ3n) is 18.3. The SMILES string of the molecule is CCCCCCCC/C=C\CCCCCCCC(=O)OCCCCCCCCCCCCCCCCCCCCCCCCCCCCCCCCC(=O)NC(CO)C(O)CCCCCCCCCCCCCCCCCCCCCCC. The predicted octanol–water partition coefficient (Wildman–Crippen LogP) is 25.1. The average molecular weight is 1170 g/mol. The Hall–Kier alpha value is -1.40. The molecule has 0 bridgehead atoms. The van der Waals surface area contributed by atoms with Crippen molar-refractivity contribution >= 4 is 11.9 Å². The number of amides is 1. The first-order valence-electron chi connectivity index (χ1n) is 38.4. The molecule has 0 rings (SSSR count). The zero-order valence-corrected chi connectivity index (χ0v) is 56.7. The number of allylic oxidation sites excluding steroid dienone is 2. The second-order valence-corrected chi connectivity index (χ2v) is 26.7. The summed E-state index contributed by atoms with van der Waals surface area (Å²) in [5, 5.41) is 23.4. The molecule has 3 N–H and O–H groups in total. The van der Waals surface area contributed by atoms with Crippen LogP contribution in [0.1, 0.15) is 444 Å². The van der Waals surface area contributed by atoms with Gasteiger partial charge in [-0.05, 0) is 51.4 Å². The van der Waals surface area contributed by atoms with Crippen molar-refractivity contribution in [1.29, 1.82) is 0 Å². The molecule has 83 heavy (non-hydrogen) atoms. The van der Waals surface area contributed by atoms with Gasteiger partial charge in [-0.15, -0.1) is 0 Å². The summed E-state index contributed by atoms with van der Waals surface area (Å²) >= 11 is 0. The lowest BCUT2D eigenvalue weighted by Gasteiger charge is -2.22. The maximum atomic E-state index is 12.6. The highest BCUT2D eigenvalue weighted by atomic mass is 16.5. The van der Waals surface area contributed by atoms with E-state index in [0.29, 0.717) is 25.9 Å². The highest BCUT2D eigenvalue weighted by Gasteiger charge is 2.20. The van der Waals surface area contributed by atoms with Crippen LogP contribution in [0.4, 0.5) is 0 Å². The Kier molecular flexibility index (Phi) is 71.8. The highest BCUT2D eigenvalue weighted by Crippen LogP contribution is 2.20. The summed E-state index contributed by atoms with van der Waals surface area (Å²) < 4.78 is 5.50. The lowest BCUT2D eigenvalue weighted by Crippen LogP contribution is -2.45. The molecular weight excluding hydrogens is 1020 g/mol. The fraction of sp³-hybridized carbons (Fsp3) is 0.948. The molecule has 0 saturated heterocycles. The molecule has 6 nitrogen and oxygen atoms in total. The minimum absolute atomic E-state index is 0.0134. The zero-order chi connectivity index (χ0) is 59.9. The quantitative estimate of drug-likeness (QED) is 0.0320. The smallest absolute Gasteiger partial charge is 0.305 e. The van der Waals surface area contributed by atoms with E-state index in [2.05, 4.69) is 31.3 Å². The molecule has 1 amide bonds. The largest absolute Gasteiger partial charge is 0.466 e. The number of unbranched alkanes of at least 4 members (excludes halogenated alkanes) is 60. The standard InChI is InChI=1S/C77H151NO5/c1-3-5-7-9-11-13-15-17-19-20-21-32-35-38-42-45-49-53-57-61-65-69-75(80)74(73-79)78-76(81)70-66-62-58-54-50-46-43-39-36-33-30-28-26-24-22-23-25-27-29-31-34-37-40-44-48-52-56-60-64-68-72-83-77(82)71-67-63-59-55-51-47-41-18-16-14-12-10-8-6-4-2/h18,41,74-75,79-80H,3-17,19-40,42-73H2,1-2H3,(H,78,81)/b41-18-. The summed E-state index contributed by atoms with van der Waals surface area (Å²) in [4.78, 5) is 24.6. The average Bonchev–Trinajstić information content (AvgIpc) is 3.49. The maximum absolute atomic E-state index is 12.6. The summed E-state index contributed by atoms with van der Waals surface area (Å²) in [5.74, 6) is -0.0122. The van der Waals surface area contributed by atoms with Crippen LogP contribution in [0.3, 0.4) is 0 Å². The van der Waals surface area contributed by atoms with Gasteiger partial charge in [0.25, 0.3) is 0 Å². The summed E-state index contributed by atoms with van der Waals surface area (Å²) in [6, 6.07) is -0.539. The number of carbonyl (C=O) groups is 2. The van der Waals surface area contributed by atoms with Gasteiger partial charge in [0.2, 0.25) is 5.91 Å². The summed E-state index contributed by atoms with van der Waals surface area (Å²) in [7, 11) is 0. The van der Waals surface area contributed by atoms with Crippen molar-refractivity contribution in [3.05, 3.63) is 12.2 Å². The number of ether oxygens (including phenoxy) is 1. The first-order chi connectivity index (χ1) is 41.0. The lowest BCUT2D eigenvalue weighted by molar-refractivity contribution is -0.143. The van der Waals surface area contributed by atoms with Crippen LogP contribution in [0.2, 0.25) is 0 Å². The summed E-state index contributed by atoms with van der Waals surface area (Å²) in [6.45, 7) is 5.00. The van der Waals surface area contributed by atoms with Crippen molar-refractivity contribution in [3.8, 4) is 0 Å². The minimum Gasteiger partial charge on any atom is -0.466 e. The van der Waals surface area contributed by atoms with Crippen LogP contribution in [0, 0.1) is 0 Å². The van der Waals surface area contributed by atoms with Gasteiger partial charge in [0, 0.05) is 12.8 Å². The molecule has 6 heteroatoms. The van der Waals surface area contributed by atoms with Gasteiger partial charge in [-0.1, -0.05) is 392 Å². The molecule has 0 heterocycles. The van der Waals surface area contributed by atoms with Crippen LogP contribution in [0.15, 0.2) is 12.2 Å². The Bertz CT molecular complexity index is 1260. The van der Waals surface area contributed by atoms with Crippen LogP contribution < -0.4 is 5.32 Å². The van der Waals surface area contributed by atoms with Crippen molar-refractivity contribution in [1.82, 2.24) is 5.32 Å². The molecule has 0 saturated carbocycles. The fourth-order valence-corrected chi connectivity index (χ4v) is 12.5. The van der Waals surface area contributed by atoms with Gasteiger partial charge in [-0.3, -0.25) is 9.59 Å². The van der Waals surface area contributed by atoms with Gasteiger partial charge >= 0.3 is 5.97 Å². The third-order valence-corrected chi connectivity index (χ3v) is 18.3. The molecule has 0 radical (unpaired) electrons. The van der Waals surface area contributed by atoms with Crippen molar-refractivity contribution < 1.29 is 24.5 Å². The molecule has 0 aromatic heterocycles. The maximum Gasteiger partial charge on any atom is 0.305 e. The number of rotatable bonds is 73. The Morgan fingerprint density at radius 3 is 0.855 bits per heavy atom. The number of esters is 1. The lowest BCUT2D eigenvalue weighted by atomic mass is 10.0. The Morgan fingerprint density at radius 2 is 0.566 bits per heavy atom. The molecule has 0 spiro atoms. The highest BCUT2D eigenvalue weighted by molar-refractivity contribution is 5.76. The number of carbonyl (C=O) groups excluding carboxylic acids is 2. The van der Waals surface area contributed by atoms with Crippen molar-refractivity contribution in [3.63, 3.8) is 0 Å². The van der Waals surface area contributed by atoms with Crippen molar-refractivity contribution in [2.75, 3.05) is 13.2 Å². The number of nitrogens with one attached hydrogen (secondary N) is 1. The molecule has 0 fully saturated rings. The number of hydrogen-bond acceptors (Lipinski definition) is 5. The van der Waals surface area contributed by atoms with Crippen molar-refractivity contribution in [2.24, 2.45) is 0 Å². The van der Waals surface area contributed by atoms with E-state index < -0.39 is 12.1 Å². The van der Waals surface area contributed by atoms with E-state index in [-0.39, 0.29) is 18.5 Å². The molecule has 2 unspecified atom stereocenters. The van der Waals surface area contributed by atoms with Crippen LogP contribution in [0.25, 0.3) is 0 Å². The Balaban J connectivity index is 3.33. The Morgan fingerprint density at radius 1 is 0.325 bits per heavy atom. The Labute approximate surface area is 520 Å². The van der Waals surface area contributed by atoms with Crippen molar-refractivity contribution in [2.45, 2.75) is 456 Å². The van der Waals surface area contributed by atoms with Gasteiger partial charge < -0.3 is 20.3 Å². The zero-order valence-electron chi connectivity index (χ0n) is 56.7. The van der Waals surface area contributed by atoms with E-state index >= 15 is 0 Å². The van der Waals surface area contributed by atoms with Gasteiger partial charge in [0.15, 0.2) is 0 Å². The first-order valence-corrected chi connectivity index (χ1v) is 38.4. The van der Waals surface area contributed by atoms with E-state index in [9.17, 15) is 19.8 Å². The number of aliphatic hydroxyl groups excluding tert-OH is 2. The van der Waals surface area contributed by atoms with Gasteiger partial charge in [0.1, 0.15) is 0 Å². The fourth-order valence-electron chi connectivity index (χ4n) is 12.5. The van der Waals surface area contributed by atoms with E-state index in [1.54, 1.807) is 0 Å². The van der Waals surface area contributed by atoms with Gasteiger partial charge in [-0.2, -0.15) is 0 Å². The molecule has 0 aromatic rings. The van der Waals surface area contributed by atoms with Gasteiger partial charge in [0.05, 0.1) is 25.4 Å². The van der Waals surface area contributed by atoms with E-state index in [0.717, 1.165) is 44.9 Å². The molecule has 2 atom stereocenters. The monoisotopic (exact) mass is 1170 g/mol. The minimum atomic E-state index is -0.662.